The number of ether oxygens (including phenoxy) is 2. The van der Waals surface area contributed by atoms with Crippen molar-refractivity contribution >= 4 is 0 Å². The molecular weight excluding hydrogens is 260 g/mol. The van der Waals surface area contributed by atoms with Gasteiger partial charge in [0.25, 0.3) is 0 Å². The Bertz CT molecular complexity index is 402. The summed E-state index contributed by atoms with van der Waals surface area (Å²) in [5.74, 6) is 0. The van der Waals surface area contributed by atoms with E-state index < -0.39 is 0 Å². The molecule has 1 aromatic rings. The monoisotopic (exact) mass is 290 g/mol. The third-order valence-electron chi connectivity index (χ3n) is 4.34. The third-order valence-corrected chi connectivity index (χ3v) is 4.34. The first kappa shape index (κ1) is 16.5. The van der Waals surface area contributed by atoms with Gasteiger partial charge in [0.2, 0.25) is 0 Å². The van der Waals surface area contributed by atoms with E-state index in [9.17, 15) is 0 Å². The van der Waals surface area contributed by atoms with E-state index in [-0.39, 0.29) is 11.7 Å². The SMILES string of the molecule is CCCCCc1ccc([C@H]2OC[C@](C)(CCC)CO2)cc1. The zero-order chi connectivity index (χ0) is 15.1. The molecule has 2 nitrogen and oxygen atoms in total. The Balaban J connectivity index is 1.86. The second kappa shape index (κ2) is 7.95. The van der Waals surface area contributed by atoms with E-state index in [0.717, 1.165) is 25.2 Å². The predicted molar refractivity (Wildman–Crippen MR) is 87.3 cm³/mol. The van der Waals surface area contributed by atoms with Crippen LogP contribution in [0.25, 0.3) is 0 Å². The molecule has 0 aliphatic carbocycles. The summed E-state index contributed by atoms with van der Waals surface area (Å²) in [6, 6.07) is 8.76. The van der Waals surface area contributed by atoms with Crippen LogP contribution in [0.2, 0.25) is 0 Å². The maximum absolute atomic E-state index is 5.95. The van der Waals surface area contributed by atoms with Crippen molar-refractivity contribution in [1.82, 2.24) is 0 Å². The Morgan fingerprint density at radius 1 is 1.00 bits per heavy atom. The quantitative estimate of drug-likeness (QED) is 0.637. The van der Waals surface area contributed by atoms with Crippen LogP contribution in [0.15, 0.2) is 24.3 Å². The van der Waals surface area contributed by atoms with E-state index in [2.05, 4.69) is 45.0 Å². The van der Waals surface area contributed by atoms with E-state index >= 15 is 0 Å². The number of hydrogen-bond acceptors (Lipinski definition) is 2. The molecule has 1 aliphatic heterocycles. The van der Waals surface area contributed by atoms with Gasteiger partial charge in [-0.3, -0.25) is 0 Å². The molecule has 0 spiro atoms. The van der Waals surface area contributed by atoms with E-state index in [4.69, 9.17) is 9.47 Å². The van der Waals surface area contributed by atoms with Gasteiger partial charge in [0.15, 0.2) is 6.29 Å². The molecule has 0 N–H and O–H groups in total. The molecule has 2 rings (SSSR count). The van der Waals surface area contributed by atoms with Gasteiger partial charge in [0.05, 0.1) is 13.2 Å². The molecule has 1 aromatic carbocycles. The lowest BCUT2D eigenvalue weighted by Gasteiger charge is -2.37. The van der Waals surface area contributed by atoms with Crippen LogP contribution in [0.1, 0.15) is 70.3 Å². The first-order valence-corrected chi connectivity index (χ1v) is 8.49. The Morgan fingerprint density at radius 2 is 1.67 bits per heavy atom. The van der Waals surface area contributed by atoms with Gasteiger partial charge in [-0.25, -0.2) is 0 Å². The largest absolute Gasteiger partial charge is 0.348 e. The summed E-state index contributed by atoms with van der Waals surface area (Å²) >= 11 is 0. The van der Waals surface area contributed by atoms with E-state index in [1.54, 1.807) is 0 Å². The number of aryl methyl sites for hydroxylation is 1. The molecule has 0 radical (unpaired) electrons. The molecule has 0 aromatic heterocycles. The lowest BCUT2D eigenvalue weighted by molar-refractivity contribution is -0.231. The van der Waals surface area contributed by atoms with E-state index in [0.29, 0.717) is 0 Å². The molecule has 2 heteroatoms. The van der Waals surface area contributed by atoms with Gasteiger partial charge in [0.1, 0.15) is 0 Å². The molecule has 21 heavy (non-hydrogen) atoms. The summed E-state index contributed by atoms with van der Waals surface area (Å²) in [4.78, 5) is 0. The maximum Gasteiger partial charge on any atom is 0.183 e. The topological polar surface area (TPSA) is 18.5 Å². The predicted octanol–water partition coefficient (Wildman–Crippen LogP) is 5.27. The second-order valence-electron chi connectivity index (χ2n) is 6.71. The fourth-order valence-corrected chi connectivity index (χ4v) is 3.00. The van der Waals surface area contributed by atoms with Crippen molar-refractivity contribution < 1.29 is 9.47 Å². The molecule has 1 saturated heterocycles. The van der Waals surface area contributed by atoms with Gasteiger partial charge in [-0.05, 0) is 24.8 Å². The van der Waals surface area contributed by atoms with Crippen molar-refractivity contribution in [2.45, 2.75) is 65.6 Å². The zero-order valence-corrected chi connectivity index (χ0v) is 13.9. The molecule has 1 heterocycles. The van der Waals surface area contributed by atoms with Gasteiger partial charge in [-0.15, -0.1) is 0 Å². The van der Waals surface area contributed by atoms with Gasteiger partial charge in [-0.1, -0.05) is 64.3 Å². The van der Waals surface area contributed by atoms with Crippen LogP contribution in [-0.2, 0) is 15.9 Å². The van der Waals surface area contributed by atoms with Gasteiger partial charge < -0.3 is 9.47 Å². The molecule has 0 amide bonds. The Labute approximate surface area is 129 Å². The van der Waals surface area contributed by atoms with Gasteiger partial charge in [0, 0.05) is 11.0 Å². The molecule has 0 atom stereocenters. The standard InChI is InChI=1S/C19H30O2/c1-4-6-7-8-16-9-11-17(12-10-16)18-20-14-19(3,13-5-2)15-21-18/h9-12,18H,4-8,13-15H2,1-3H3/t18-,19-. The molecule has 1 fully saturated rings. The van der Waals surface area contributed by atoms with Crippen LogP contribution in [0.4, 0.5) is 0 Å². The summed E-state index contributed by atoms with van der Waals surface area (Å²) < 4.78 is 11.9. The average molecular weight is 290 g/mol. The maximum atomic E-state index is 5.95. The first-order valence-electron chi connectivity index (χ1n) is 8.49. The number of rotatable bonds is 7. The van der Waals surface area contributed by atoms with Crippen molar-refractivity contribution in [1.29, 1.82) is 0 Å². The number of unbranched alkanes of at least 4 members (excludes halogenated alkanes) is 2. The smallest absolute Gasteiger partial charge is 0.183 e. The summed E-state index contributed by atoms with van der Waals surface area (Å²) in [5, 5.41) is 0. The van der Waals surface area contributed by atoms with Crippen molar-refractivity contribution in [3.8, 4) is 0 Å². The minimum absolute atomic E-state index is 0.181. The minimum Gasteiger partial charge on any atom is -0.348 e. The first-order chi connectivity index (χ1) is 10.2. The van der Waals surface area contributed by atoms with Crippen LogP contribution in [0.5, 0.6) is 0 Å². The van der Waals surface area contributed by atoms with Crippen molar-refractivity contribution in [2.24, 2.45) is 5.41 Å². The lowest BCUT2D eigenvalue weighted by atomic mass is 9.87. The van der Waals surface area contributed by atoms with E-state index in [1.165, 1.54) is 37.7 Å². The summed E-state index contributed by atoms with van der Waals surface area (Å²) in [6.45, 7) is 8.30. The average Bonchev–Trinajstić information content (AvgIpc) is 2.49. The van der Waals surface area contributed by atoms with Gasteiger partial charge in [-0.2, -0.15) is 0 Å². The number of benzene rings is 1. The highest BCUT2D eigenvalue weighted by Crippen LogP contribution is 2.34. The fourth-order valence-electron chi connectivity index (χ4n) is 3.00. The van der Waals surface area contributed by atoms with Crippen molar-refractivity contribution in [2.75, 3.05) is 13.2 Å². The summed E-state index contributed by atoms with van der Waals surface area (Å²) in [7, 11) is 0. The molecule has 0 bridgehead atoms. The van der Waals surface area contributed by atoms with Gasteiger partial charge >= 0.3 is 0 Å². The fraction of sp³-hybridized carbons (Fsp3) is 0.684. The van der Waals surface area contributed by atoms with Crippen molar-refractivity contribution in [3.05, 3.63) is 35.4 Å². The van der Waals surface area contributed by atoms with Crippen molar-refractivity contribution in [3.63, 3.8) is 0 Å². The highest BCUT2D eigenvalue weighted by molar-refractivity contribution is 5.23. The summed E-state index contributed by atoms with van der Waals surface area (Å²) in [6.07, 6.45) is 7.21. The molecular formula is C19H30O2. The lowest BCUT2D eigenvalue weighted by Crippen LogP contribution is -2.36. The van der Waals surface area contributed by atoms with Crippen LogP contribution < -0.4 is 0 Å². The number of hydrogen-bond donors (Lipinski definition) is 0. The molecule has 0 unspecified atom stereocenters. The Hall–Kier alpha value is -0.860. The zero-order valence-electron chi connectivity index (χ0n) is 13.9. The normalized spacial score (nSPS) is 26.0. The Morgan fingerprint density at radius 3 is 2.24 bits per heavy atom. The third kappa shape index (κ3) is 4.82. The van der Waals surface area contributed by atoms with E-state index in [1.807, 2.05) is 0 Å². The minimum atomic E-state index is -0.181. The van der Waals surface area contributed by atoms with Crippen LogP contribution in [0.3, 0.4) is 0 Å². The van der Waals surface area contributed by atoms with Crippen LogP contribution in [0, 0.1) is 5.41 Å². The highest BCUT2D eigenvalue weighted by atomic mass is 16.7. The molecule has 1 aliphatic rings. The molecule has 0 saturated carbocycles. The molecule has 118 valence electrons. The second-order valence-corrected chi connectivity index (χ2v) is 6.71. The highest BCUT2D eigenvalue weighted by Gasteiger charge is 2.32. The van der Waals surface area contributed by atoms with Crippen LogP contribution in [-0.4, -0.2) is 13.2 Å². The Kier molecular flexibility index (Phi) is 6.25. The van der Waals surface area contributed by atoms with Crippen LogP contribution >= 0.6 is 0 Å². The summed E-state index contributed by atoms with van der Waals surface area (Å²) in [5.41, 5.74) is 2.75.